The van der Waals surface area contributed by atoms with Crippen LogP contribution in [-0.2, 0) is 0 Å². The highest BCUT2D eigenvalue weighted by Crippen LogP contribution is 2.15. The number of aromatic nitrogens is 1. The number of anilines is 1. The van der Waals surface area contributed by atoms with Crippen molar-refractivity contribution >= 4 is 11.7 Å². The Morgan fingerprint density at radius 2 is 2.06 bits per heavy atom. The summed E-state index contributed by atoms with van der Waals surface area (Å²) in [5.41, 5.74) is 0.564. The molecule has 94 valence electrons. The Morgan fingerprint density at radius 3 is 2.59 bits per heavy atom. The molecule has 1 aromatic heterocycles. The fourth-order valence-electron chi connectivity index (χ4n) is 1.67. The number of pyridine rings is 1. The maximum atomic E-state index is 12.1. The highest BCUT2D eigenvalue weighted by Gasteiger charge is 2.19. The van der Waals surface area contributed by atoms with E-state index < -0.39 is 0 Å². The van der Waals surface area contributed by atoms with Crippen LogP contribution in [0.2, 0.25) is 0 Å². The molecule has 0 spiro atoms. The summed E-state index contributed by atoms with van der Waals surface area (Å²) in [6, 6.07) is 5.40. The summed E-state index contributed by atoms with van der Waals surface area (Å²) in [4.78, 5) is 18.1. The summed E-state index contributed by atoms with van der Waals surface area (Å²) in [6.45, 7) is 7.02. The van der Waals surface area contributed by atoms with Crippen molar-refractivity contribution in [2.75, 3.05) is 26.0 Å². The van der Waals surface area contributed by atoms with Gasteiger partial charge >= 0.3 is 0 Å². The van der Waals surface area contributed by atoms with Crippen molar-refractivity contribution in [3.63, 3.8) is 0 Å². The first kappa shape index (κ1) is 13.5. The third-order valence-electron chi connectivity index (χ3n) is 2.28. The Labute approximate surface area is 103 Å². The lowest BCUT2D eigenvalue weighted by Crippen LogP contribution is -2.34. The summed E-state index contributed by atoms with van der Waals surface area (Å²) in [5.74, 6) is 0.664. The summed E-state index contributed by atoms with van der Waals surface area (Å²) in [6.07, 6.45) is 0. The molecule has 0 saturated carbocycles. The second kappa shape index (κ2) is 5.17. The number of hydrogen-bond acceptors (Lipinski definition) is 3. The summed E-state index contributed by atoms with van der Waals surface area (Å²) >= 11 is 0. The molecule has 0 atom stereocenters. The molecule has 0 fully saturated rings. The molecule has 0 aliphatic rings. The van der Waals surface area contributed by atoms with Crippen LogP contribution in [0.3, 0.4) is 0 Å². The largest absolute Gasteiger partial charge is 0.373 e. The number of nitrogens with zero attached hydrogens (tertiary/aromatic N) is 2. The minimum atomic E-state index is -0.0444. The molecule has 0 saturated heterocycles. The fourth-order valence-corrected chi connectivity index (χ4v) is 1.67. The Bertz CT molecular complexity index is 396. The van der Waals surface area contributed by atoms with Gasteiger partial charge in [-0.3, -0.25) is 4.79 Å². The van der Waals surface area contributed by atoms with E-state index in [0.717, 1.165) is 0 Å². The van der Waals surface area contributed by atoms with Gasteiger partial charge < -0.3 is 10.2 Å². The first-order valence-electron chi connectivity index (χ1n) is 5.74. The molecule has 0 radical (unpaired) electrons. The average molecular weight is 235 g/mol. The van der Waals surface area contributed by atoms with Gasteiger partial charge in [-0.25, -0.2) is 4.98 Å². The van der Waals surface area contributed by atoms with Gasteiger partial charge in [-0.05, 0) is 17.5 Å². The van der Waals surface area contributed by atoms with Gasteiger partial charge in [-0.2, -0.15) is 0 Å². The van der Waals surface area contributed by atoms with Gasteiger partial charge in [0.25, 0.3) is 5.91 Å². The molecule has 0 unspecified atom stereocenters. The Morgan fingerprint density at radius 1 is 1.41 bits per heavy atom. The first-order valence-corrected chi connectivity index (χ1v) is 5.74. The highest BCUT2D eigenvalue weighted by atomic mass is 16.2. The Balaban J connectivity index is 2.81. The van der Waals surface area contributed by atoms with E-state index in [1.807, 2.05) is 12.1 Å². The molecule has 4 nitrogen and oxygen atoms in total. The second-order valence-corrected chi connectivity index (χ2v) is 5.38. The van der Waals surface area contributed by atoms with Gasteiger partial charge in [-0.1, -0.05) is 26.8 Å². The molecule has 1 aromatic rings. The normalized spacial score (nSPS) is 11.1. The molecular formula is C13H21N3O. The van der Waals surface area contributed by atoms with Crippen LogP contribution in [0.5, 0.6) is 0 Å². The van der Waals surface area contributed by atoms with Crippen molar-refractivity contribution in [3.05, 3.63) is 23.9 Å². The first-order chi connectivity index (χ1) is 7.83. The van der Waals surface area contributed by atoms with Crippen molar-refractivity contribution in [1.29, 1.82) is 0 Å². The third kappa shape index (κ3) is 4.06. The number of carbonyl (C=O) groups is 1. The summed E-state index contributed by atoms with van der Waals surface area (Å²) in [5, 5.41) is 2.93. The van der Waals surface area contributed by atoms with Crippen LogP contribution in [0.15, 0.2) is 18.2 Å². The fraction of sp³-hybridized carbons (Fsp3) is 0.538. The van der Waals surface area contributed by atoms with Crippen LogP contribution in [0.1, 0.15) is 31.3 Å². The van der Waals surface area contributed by atoms with Gasteiger partial charge in [0.2, 0.25) is 0 Å². The van der Waals surface area contributed by atoms with Crippen LogP contribution in [0, 0.1) is 5.41 Å². The molecule has 1 N–H and O–H groups in total. The molecule has 1 rings (SSSR count). The maximum Gasteiger partial charge on any atom is 0.272 e. The monoisotopic (exact) mass is 235 g/mol. The second-order valence-electron chi connectivity index (χ2n) is 5.38. The maximum absolute atomic E-state index is 12.1. The van der Waals surface area contributed by atoms with Gasteiger partial charge in [0.05, 0.1) is 0 Å². The third-order valence-corrected chi connectivity index (χ3v) is 2.28. The van der Waals surface area contributed by atoms with Crippen LogP contribution in [0.4, 0.5) is 5.82 Å². The zero-order valence-electron chi connectivity index (χ0n) is 11.2. The minimum absolute atomic E-state index is 0.0444. The molecule has 1 amide bonds. The van der Waals surface area contributed by atoms with Gasteiger partial charge in [0.1, 0.15) is 11.5 Å². The smallest absolute Gasteiger partial charge is 0.272 e. The number of amides is 1. The van der Waals surface area contributed by atoms with Crippen molar-refractivity contribution < 1.29 is 4.79 Å². The number of rotatable bonds is 3. The molecule has 0 aliphatic heterocycles. The summed E-state index contributed by atoms with van der Waals surface area (Å²) < 4.78 is 0. The van der Waals surface area contributed by atoms with Gasteiger partial charge in [-0.15, -0.1) is 0 Å². The minimum Gasteiger partial charge on any atom is -0.373 e. The topological polar surface area (TPSA) is 45.2 Å². The number of nitrogens with one attached hydrogen (secondary N) is 1. The zero-order chi connectivity index (χ0) is 13.1. The molecule has 0 aromatic carbocycles. The predicted octanol–water partition coefficient (Wildman–Crippen LogP) is 2.24. The average Bonchev–Trinajstić information content (AvgIpc) is 2.26. The lowest BCUT2D eigenvalue weighted by molar-refractivity contribution is 0.0740. The van der Waals surface area contributed by atoms with E-state index in [9.17, 15) is 4.79 Å². The lowest BCUT2D eigenvalue weighted by atomic mass is 9.96. The van der Waals surface area contributed by atoms with E-state index in [1.165, 1.54) is 0 Å². The van der Waals surface area contributed by atoms with Crippen molar-refractivity contribution in [1.82, 2.24) is 9.88 Å². The molecule has 0 aliphatic carbocycles. The van der Waals surface area contributed by atoms with Crippen LogP contribution in [0.25, 0.3) is 0 Å². The van der Waals surface area contributed by atoms with Crippen LogP contribution < -0.4 is 5.32 Å². The van der Waals surface area contributed by atoms with E-state index in [4.69, 9.17) is 0 Å². The highest BCUT2D eigenvalue weighted by molar-refractivity contribution is 5.92. The zero-order valence-corrected chi connectivity index (χ0v) is 11.2. The predicted molar refractivity (Wildman–Crippen MR) is 70.2 cm³/mol. The van der Waals surface area contributed by atoms with E-state index in [1.54, 1.807) is 25.1 Å². The van der Waals surface area contributed by atoms with Crippen LogP contribution >= 0.6 is 0 Å². The van der Waals surface area contributed by atoms with E-state index >= 15 is 0 Å². The molecule has 4 heteroatoms. The molecule has 17 heavy (non-hydrogen) atoms. The molecular weight excluding hydrogens is 214 g/mol. The Hall–Kier alpha value is -1.58. The summed E-state index contributed by atoms with van der Waals surface area (Å²) in [7, 11) is 3.59. The van der Waals surface area contributed by atoms with Gasteiger partial charge in [0, 0.05) is 20.6 Å². The van der Waals surface area contributed by atoms with Crippen molar-refractivity contribution in [2.24, 2.45) is 5.41 Å². The van der Waals surface area contributed by atoms with Crippen molar-refractivity contribution in [2.45, 2.75) is 20.8 Å². The lowest BCUT2D eigenvalue weighted by Gasteiger charge is -2.26. The molecule has 0 bridgehead atoms. The SMILES string of the molecule is CNc1cccc(C(=O)N(C)CC(C)(C)C)n1. The number of carbonyl (C=O) groups excluding carboxylic acids is 1. The van der Waals surface area contributed by atoms with E-state index in [2.05, 4.69) is 31.1 Å². The van der Waals surface area contributed by atoms with Gasteiger partial charge in [0.15, 0.2) is 0 Å². The van der Waals surface area contributed by atoms with Crippen LogP contribution in [-0.4, -0.2) is 36.4 Å². The quantitative estimate of drug-likeness (QED) is 0.874. The van der Waals surface area contributed by atoms with E-state index in [-0.39, 0.29) is 11.3 Å². The van der Waals surface area contributed by atoms with Crippen molar-refractivity contribution in [3.8, 4) is 0 Å². The standard InChI is InChI=1S/C13H21N3O/c1-13(2,3)9-16(5)12(17)10-7-6-8-11(14-4)15-10/h6-8H,9H2,1-5H3,(H,14,15). The molecule has 1 heterocycles. The number of hydrogen-bond donors (Lipinski definition) is 1. The van der Waals surface area contributed by atoms with E-state index in [0.29, 0.717) is 18.1 Å². The Kier molecular flexibility index (Phi) is 4.10.